The summed E-state index contributed by atoms with van der Waals surface area (Å²) >= 11 is 4.91. The van der Waals surface area contributed by atoms with Crippen molar-refractivity contribution in [1.29, 1.82) is 0 Å². The zero-order valence-corrected chi connectivity index (χ0v) is 15.2. The van der Waals surface area contributed by atoms with E-state index >= 15 is 0 Å². The van der Waals surface area contributed by atoms with Gasteiger partial charge in [0, 0.05) is 33.2 Å². The number of carbonyl (C=O) groups excluding carboxylic acids is 1. The number of thiazole rings is 1. The highest BCUT2D eigenvalue weighted by molar-refractivity contribution is 9.10. The van der Waals surface area contributed by atoms with Crippen molar-refractivity contribution < 1.29 is 9.72 Å². The number of rotatable bonds is 5. The fraction of sp³-hybridized carbons (Fsp3) is 0.0588. The second-order valence-electron chi connectivity index (χ2n) is 5.18. The topological polar surface area (TPSA) is 85.1 Å². The molecule has 1 heterocycles. The Morgan fingerprint density at radius 1 is 1.24 bits per heavy atom. The number of nitro benzene ring substituents is 1. The Balaban J connectivity index is 1.64. The Morgan fingerprint density at radius 2 is 2.00 bits per heavy atom. The fourth-order valence-corrected chi connectivity index (χ4v) is 3.39. The van der Waals surface area contributed by atoms with E-state index in [1.54, 1.807) is 0 Å². The van der Waals surface area contributed by atoms with Gasteiger partial charge in [0.05, 0.1) is 17.0 Å². The van der Waals surface area contributed by atoms with E-state index in [-0.39, 0.29) is 18.0 Å². The number of anilines is 1. The zero-order chi connectivity index (χ0) is 17.8. The first-order valence-corrected chi connectivity index (χ1v) is 8.93. The molecule has 8 heteroatoms. The summed E-state index contributed by atoms with van der Waals surface area (Å²) < 4.78 is 0.970. The van der Waals surface area contributed by atoms with Gasteiger partial charge < -0.3 is 5.32 Å². The van der Waals surface area contributed by atoms with Crippen LogP contribution in [0.15, 0.2) is 58.4 Å². The molecule has 1 aromatic heterocycles. The van der Waals surface area contributed by atoms with Gasteiger partial charge >= 0.3 is 0 Å². The second-order valence-corrected chi connectivity index (χ2v) is 6.96. The van der Waals surface area contributed by atoms with Crippen molar-refractivity contribution >= 4 is 44.5 Å². The largest absolute Gasteiger partial charge is 0.326 e. The average Bonchev–Trinajstić information content (AvgIpc) is 3.03. The Morgan fingerprint density at radius 3 is 2.68 bits per heavy atom. The predicted molar refractivity (Wildman–Crippen MR) is 101 cm³/mol. The molecular weight excluding hydrogens is 406 g/mol. The summed E-state index contributed by atoms with van der Waals surface area (Å²) in [6, 6.07) is 13.5. The van der Waals surface area contributed by atoms with Gasteiger partial charge in [-0.15, -0.1) is 11.3 Å². The van der Waals surface area contributed by atoms with Crippen LogP contribution in [0.5, 0.6) is 0 Å². The predicted octanol–water partition coefficient (Wildman–Crippen LogP) is 4.66. The van der Waals surface area contributed by atoms with Crippen LogP contribution in [0.4, 0.5) is 11.4 Å². The molecule has 126 valence electrons. The van der Waals surface area contributed by atoms with E-state index in [4.69, 9.17) is 0 Å². The maximum atomic E-state index is 12.1. The highest BCUT2D eigenvalue weighted by atomic mass is 79.9. The number of amides is 1. The lowest BCUT2D eigenvalue weighted by molar-refractivity contribution is -0.384. The van der Waals surface area contributed by atoms with E-state index in [1.165, 1.54) is 35.6 Å². The van der Waals surface area contributed by atoms with E-state index in [2.05, 4.69) is 26.2 Å². The van der Waals surface area contributed by atoms with Gasteiger partial charge in [-0.05, 0) is 24.3 Å². The second kappa shape index (κ2) is 7.54. The van der Waals surface area contributed by atoms with Gasteiger partial charge in [0.2, 0.25) is 5.91 Å². The van der Waals surface area contributed by atoms with Crippen molar-refractivity contribution in [2.45, 2.75) is 6.42 Å². The van der Waals surface area contributed by atoms with E-state index in [0.717, 1.165) is 15.0 Å². The molecule has 0 aliphatic rings. The van der Waals surface area contributed by atoms with Gasteiger partial charge in [0.25, 0.3) is 5.69 Å². The molecule has 0 radical (unpaired) electrons. The minimum absolute atomic E-state index is 0.0174. The molecule has 0 unspecified atom stereocenters. The third-order valence-electron chi connectivity index (χ3n) is 3.33. The van der Waals surface area contributed by atoms with Crippen LogP contribution in [0.2, 0.25) is 0 Å². The molecule has 2 aromatic carbocycles. The van der Waals surface area contributed by atoms with Crippen molar-refractivity contribution in [3.8, 4) is 10.6 Å². The first kappa shape index (κ1) is 17.2. The SMILES string of the molecule is O=C(Cc1csc(-c2cccc(Br)c2)n1)Nc1ccc([N+](=O)[O-])cc1. The number of non-ortho nitro benzene ring substituents is 1. The van der Waals surface area contributed by atoms with Crippen LogP contribution < -0.4 is 5.32 Å². The highest BCUT2D eigenvalue weighted by Gasteiger charge is 2.11. The first-order valence-electron chi connectivity index (χ1n) is 7.26. The van der Waals surface area contributed by atoms with E-state index in [0.29, 0.717) is 11.4 Å². The van der Waals surface area contributed by atoms with Gasteiger partial charge in [-0.2, -0.15) is 0 Å². The maximum Gasteiger partial charge on any atom is 0.269 e. The van der Waals surface area contributed by atoms with Gasteiger partial charge in [-0.25, -0.2) is 4.98 Å². The number of aromatic nitrogens is 1. The number of hydrogen-bond acceptors (Lipinski definition) is 5. The molecule has 0 atom stereocenters. The van der Waals surface area contributed by atoms with Crippen molar-refractivity contribution in [3.63, 3.8) is 0 Å². The Kier molecular flexibility index (Phi) is 5.20. The third-order valence-corrected chi connectivity index (χ3v) is 4.76. The molecule has 0 bridgehead atoms. The van der Waals surface area contributed by atoms with Crippen LogP contribution in [-0.2, 0) is 11.2 Å². The number of hydrogen-bond donors (Lipinski definition) is 1. The summed E-state index contributed by atoms with van der Waals surface area (Å²) in [5.41, 5.74) is 2.16. The number of halogens is 1. The summed E-state index contributed by atoms with van der Waals surface area (Å²) in [5, 5.41) is 16.0. The van der Waals surface area contributed by atoms with Crippen molar-refractivity contribution in [2.24, 2.45) is 0 Å². The Bertz CT molecular complexity index is 925. The quantitative estimate of drug-likeness (QED) is 0.482. The molecule has 1 amide bonds. The number of benzene rings is 2. The summed E-state index contributed by atoms with van der Waals surface area (Å²) in [5.74, 6) is -0.222. The van der Waals surface area contributed by atoms with Crippen LogP contribution in [0.25, 0.3) is 10.6 Å². The molecule has 0 fully saturated rings. The zero-order valence-electron chi connectivity index (χ0n) is 12.8. The van der Waals surface area contributed by atoms with Crippen LogP contribution >= 0.6 is 27.3 Å². The minimum atomic E-state index is -0.482. The first-order chi connectivity index (χ1) is 12.0. The Labute approximate surface area is 155 Å². The molecule has 25 heavy (non-hydrogen) atoms. The maximum absolute atomic E-state index is 12.1. The van der Waals surface area contributed by atoms with Gasteiger partial charge in [0.15, 0.2) is 0 Å². The molecule has 1 N–H and O–H groups in total. The summed E-state index contributed by atoms with van der Waals surface area (Å²) in [7, 11) is 0. The summed E-state index contributed by atoms with van der Waals surface area (Å²) in [4.78, 5) is 26.7. The van der Waals surface area contributed by atoms with Crippen molar-refractivity contribution in [3.05, 3.63) is 74.2 Å². The number of nitrogens with one attached hydrogen (secondary N) is 1. The number of nitrogens with zero attached hydrogens (tertiary/aromatic N) is 2. The lowest BCUT2D eigenvalue weighted by atomic mass is 10.2. The van der Waals surface area contributed by atoms with Crippen LogP contribution in [0.1, 0.15) is 5.69 Å². The average molecular weight is 418 g/mol. The molecule has 0 aliphatic carbocycles. The molecule has 3 rings (SSSR count). The molecule has 0 saturated heterocycles. The summed E-state index contributed by atoms with van der Waals surface area (Å²) in [6.07, 6.45) is 0.140. The number of carbonyl (C=O) groups is 1. The Hall–Kier alpha value is -2.58. The highest BCUT2D eigenvalue weighted by Crippen LogP contribution is 2.26. The van der Waals surface area contributed by atoms with Crippen LogP contribution in [-0.4, -0.2) is 15.8 Å². The summed E-state index contributed by atoms with van der Waals surface area (Å²) in [6.45, 7) is 0. The van der Waals surface area contributed by atoms with Crippen LogP contribution in [0.3, 0.4) is 0 Å². The van der Waals surface area contributed by atoms with Gasteiger partial charge in [0.1, 0.15) is 5.01 Å². The normalized spacial score (nSPS) is 10.4. The fourth-order valence-electron chi connectivity index (χ4n) is 2.18. The molecular formula is C17H12BrN3O3S. The number of nitro groups is 1. The van der Waals surface area contributed by atoms with E-state index in [9.17, 15) is 14.9 Å². The monoisotopic (exact) mass is 417 g/mol. The van der Waals surface area contributed by atoms with Crippen molar-refractivity contribution in [2.75, 3.05) is 5.32 Å². The van der Waals surface area contributed by atoms with E-state index < -0.39 is 4.92 Å². The molecule has 0 saturated carbocycles. The van der Waals surface area contributed by atoms with Crippen molar-refractivity contribution in [1.82, 2.24) is 4.98 Å². The van der Waals surface area contributed by atoms with E-state index in [1.807, 2.05) is 29.6 Å². The lowest BCUT2D eigenvalue weighted by Crippen LogP contribution is -2.14. The molecule has 0 aliphatic heterocycles. The molecule has 6 nitrogen and oxygen atoms in total. The van der Waals surface area contributed by atoms with Gasteiger partial charge in [-0.3, -0.25) is 14.9 Å². The molecule has 0 spiro atoms. The van der Waals surface area contributed by atoms with Crippen LogP contribution in [0, 0.1) is 10.1 Å². The molecule has 3 aromatic rings. The smallest absolute Gasteiger partial charge is 0.269 e. The lowest BCUT2D eigenvalue weighted by Gasteiger charge is -2.03. The standard InChI is InChI=1S/C17H12BrN3O3S/c18-12-3-1-2-11(8-12)17-20-14(10-25-17)9-16(22)19-13-4-6-15(7-5-13)21(23)24/h1-8,10H,9H2,(H,19,22). The van der Waals surface area contributed by atoms with Gasteiger partial charge in [-0.1, -0.05) is 28.1 Å². The third kappa shape index (κ3) is 4.49. The minimum Gasteiger partial charge on any atom is -0.326 e.